The Bertz CT molecular complexity index is 1280. The zero-order chi connectivity index (χ0) is 22.0. The van der Waals surface area contributed by atoms with E-state index in [0.29, 0.717) is 16.5 Å². The Labute approximate surface area is 185 Å². The van der Waals surface area contributed by atoms with E-state index in [2.05, 4.69) is 4.98 Å². The minimum atomic E-state index is -0.419. The SMILES string of the molecule is COC(=O)C(=CN(C)C)n1ccc2ccc(-c3nccc(-c4ccc(Cl)cc4)n3)cc21. The van der Waals surface area contributed by atoms with Gasteiger partial charge in [0.1, 0.15) is 5.70 Å². The van der Waals surface area contributed by atoms with Crippen LogP contribution in [0.3, 0.4) is 0 Å². The van der Waals surface area contributed by atoms with Gasteiger partial charge in [0.15, 0.2) is 5.82 Å². The molecule has 0 saturated heterocycles. The minimum Gasteiger partial charge on any atom is -0.464 e. The smallest absolute Gasteiger partial charge is 0.356 e. The van der Waals surface area contributed by atoms with Crippen LogP contribution in [0.4, 0.5) is 0 Å². The van der Waals surface area contributed by atoms with Crippen molar-refractivity contribution in [2.75, 3.05) is 21.2 Å². The summed E-state index contributed by atoms with van der Waals surface area (Å²) in [6, 6.07) is 17.3. The normalized spacial score (nSPS) is 11.5. The van der Waals surface area contributed by atoms with E-state index in [1.807, 2.05) is 79.5 Å². The average molecular weight is 433 g/mol. The minimum absolute atomic E-state index is 0.412. The molecule has 0 atom stereocenters. The van der Waals surface area contributed by atoms with Gasteiger partial charge in [0.25, 0.3) is 0 Å². The van der Waals surface area contributed by atoms with Crippen LogP contribution >= 0.6 is 11.6 Å². The van der Waals surface area contributed by atoms with Crippen molar-refractivity contribution in [3.05, 3.63) is 78.2 Å². The van der Waals surface area contributed by atoms with Crippen molar-refractivity contribution in [1.82, 2.24) is 19.4 Å². The van der Waals surface area contributed by atoms with Crippen LogP contribution < -0.4 is 0 Å². The molecule has 0 aliphatic rings. The molecule has 0 saturated carbocycles. The van der Waals surface area contributed by atoms with Gasteiger partial charge in [0, 0.05) is 48.8 Å². The van der Waals surface area contributed by atoms with E-state index >= 15 is 0 Å². The molecule has 0 spiro atoms. The molecular formula is C24H21ClN4O2. The number of aromatic nitrogens is 3. The van der Waals surface area contributed by atoms with Crippen LogP contribution in [-0.4, -0.2) is 46.6 Å². The predicted molar refractivity (Wildman–Crippen MR) is 123 cm³/mol. The van der Waals surface area contributed by atoms with Crippen molar-refractivity contribution in [2.45, 2.75) is 0 Å². The van der Waals surface area contributed by atoms with Crippen LogP contribution in [0.5, 0.6) is 0 Å². The summed E-state index contributed by atoms with van der Waals surface area (Å²) in [5, 5.41) is 1.67. The highest BCUT2D eigenvalue weighted by atomic mass is 35.5. The summed E-state index contributed by atoms with van der Waals surface area (Å²) in [5.74, 6) is 0.177. The summed E-state index contributed by atoms with van der Waals surface area (Å²) in [6.07, 6.45) is 5.32. The molecule has 31 heavy (non-hydrogen) atoms. The van der Waals surface area contributed by atoms with Crippen LogP contribution in [0.1, 0.15) is 0 Å². The number of hydrogen-bond acceptors (Lipinski definition) is 5. The zero-order valence-corrected chi connectivity index (χ0v) is 18.2. The maximum Gasteiger partial charge on any atom is 0.356 e. The summed E-state index contributed by atoms with van der Waals surface area (Å²) < 4.78 is 6.80. The number of esters is 1. The quantitative estimate of drug-likeness (QED) is 0.330. The molecule has 7 heteroatoms. The van der Waals surface area contributed by atoms with Gasteiger partial charge in [-0.05, 0) is 35.7 Å². The van der Waals surface area contributed by atoms with Gasteiger partial charge in [-0.3, -0.25) is 0 Å². The van der Waals surface area contributed by atoms with Crippen molar-refractivity contribution < 1.29 is 9.53 Å². The molecule has 2 aromatic heterocycles. The number of halogens is 1. The second kappa shape index (κ2) is 8.62. The number of fused-ring (bicyclic) bond motifs is 1. The third-order valence-corrected chi connectivity index (χ3v) is 5.03. The highest BCUT2D eigenvalue weighted by Gasteiger charge is 2.16. The Morgan fingerprint density at radius 1 is 1.06 bits per heavy atom. The lowest BCUT2D eigenvalue weighted by atomic mass is 10.1. The molecule has 0 bridgehead atoms. The maximum absolute atomic E-state index is 12.4. The van der Waals surface area contributed by atoms with E-state index in [1.165, 1.54) is 7.11 Å². The molecule has 0 amide bonds. The van der Waals surface area contributed by atoms with Gasteiger partial charge in [-0.2, -0.15) is 0 Å². The van der Waals surface area contributed by atoms with Crippen LogP contribution in [0.25, 0.3) is 39.2 Å². The number of carbonyl (C=O) groups is 1. The molecule has 6 nitrogen and oxygen atoms in total. The summed E-state index contributed by atoms with van der Waals surface area (Å²) in [6.45, 7) is 0. The van der Waals surface area contributed by atoms with Crippen molar-refractivity contribution in [3.8, 4) is 22.6 Å². The molecule has 0 aliphatic carbocycles. The lowest BCUT2D eigenvalue weighted by Crippen LogP contribution is -2.14. The van der Waals surface area contributed by atoms with Crippen LogP contribution in [0, 0.1) is 0 Å². The second-order valence-corrected chi connectivity index (χ2v) is 7.64. The highest BCUT2D eigenvalue weighted by molar-refractivity contribution is 6.30. The highest BCUT2D eigenvalue weighted by Crippen LogP contribution is 2.27. The molecule has 0 fully saturated rings. The first-order valence-corrected chi connectivity index (χ1v) is 10.0. The number of rotatable bonds is 5. The standard InChI is InChI=1S/C24H21ClN4O2/c1-28(2)15-22(24(30)31-3)29-13-11-17-4-5-18(14-21(17)29)23-26-12-10-20(27-23)16-6-8-19(25)9-7-16/h4-15H,1-3H3. The molecule has 0 aliphatic heterocycles. The molecule has 156 valence electrons. The lowest BCUT2D eigenvalue weighted by molar-refractivity contribution is -0.134. The number of benzene rings is 2. The van der Waals surface area contributed by atoms with E-state index in [-0.39, 0.29) is 0 Å². The molecule has 0 unspecified atom stereocenters. The Balaban J connectivity index is 1.80. The monoisotopic (exact) mass is 432 g/mol. The number of methoxy groups -OCH3 is 1. The molecule has 0 radical (unpaired) electrons. The summed E-state index contributed by atoms with van der Waals surface area (Å²) >= 11 is 6.00. The third-order valence-electron chi connectivity index (χ3n) is 4.78. The molecular weight excluding hydrogens is 412 g/mol. The van der Waals surface area contributed by atoms with Crippen molar-refractivity contribution >= 4 is 34.2 Å². The van der Waals surface area contributed by atoms with Crippen LogP contribution in [-0.2, 0) is 9.53 Å². The first kappa shape index (κ1) is 20.6. The van der Waals surface area contributed by atoms with Gasteiger partial charge in [-0.1, -0.05) is 35.9 Å². The molecule has 4 rings (SSSR count). The Hall–Kier alpha value is -3.64. The average Bonchev–Trinajstić information content (AvgIpc) is 3.20. The second-order valence-electron chi connectivity index (χ2n) is 7.20. The van der Waals surface area contributed by atoms with E-state index < -0.39 is 5.97 Å². The lowest BCUT2D eigenvalue weighted by Gasteiger charge is -2.13. The molecule has 2 aromatic carbocycles. The van der Waals surface area contributed by atoms with Gasteiger partial charge in [-0.25, -0.2) is 14.8 Å². The van der Waals surface area contributed by atoms with Crippen LogP contribution in [0.2, 0.25) is 5.02 Å². The fourth-order valence-corrected chi connectivity index (χ4v) is 3.45. The van der Waals surface area contributed by atoms with E-state index in [4.69, 9.17) is 21.3 Å². The Morgan fingerprint density at radius 2 is 1.81 bits per heavy atom. The Morgan fingerprint density at radius 3 is 2.52 bits per heavy atom. The number of ether oxygens (including phenoxy) is 1. The molecule has 0 N–H and O–H groups in total. The largest absolute Gasteiger partial charge is 0.464 e. The topological polar surface area (TPSA) is 60.2 Å². The van der Waals surface area contributed by atoms with E-state index in [1.54, 1.807) is 17.3 Å². The van der Waals surface area contributed by atoms with Gasteiger partial charge < -0.3 is 14.2 Å². The summed E-state index contributed by atoms with van der Waals surface area (Å²) in [5.41, 5.74) is 3.88. The van der Waals surface area contributed by atoms with Gasteiger partial charge in [0.05, 0.1) is 18.3 Å². The first-order valence-electron chi connectivity index (χ1n) is 9.63. The van der Waals surface area contributed by atoms with Gasteiger partial charge in [-0.15, -0.1) is 0 Å². The fourth-order valence-electron chi connectivity index (χ4n) is 3.32. The van der Waals surface area contributed by atoms with Gasteiger partial charge in [0.2, 0.25) is 0 Å². The van der Waals surface area contributed by atoms with E-state index in [0.717, 1.165) is 27.7 Å². The van der Waals surface area contributed by atoms with Crippen LogP contribution in [0.15, 0.2) is 73.2 Å². The molecule has 4 aromatic rings. The third kappa shape index (κ3) is 4.29. The fraction of sp³-hybridized carbons (Fsp3) is 0.125. The number of hydrogen-bond donors (Lipinski definition) is 0. The van der Waals surface area contributed by atoms with Gasteiger partial charge >= 0.3 is 5.97 Å². The molecule has 2 heterocycles. The zero-order valence-electron chi connectivity index (χ0n) is 17.4. The summed E-state index contributed by atoms with van der Waals surface area (Å²) in [7, 11) is 5.09. The Kier molecular flexibility index (Phi) is 5.73. The van der Waals surface area contributed by atoms with Crippen molar-refractivity contribution in [2.24, 2.45) is 0 Å². The van der Waals surface area contributed by atoms with Crippen molar-refractivity contribution in [1.29, 1.82) is 0 Å². The maximum atomic E-state index is 12.4. The number of carbonyl (C=O) groups excluding carboxylic acids is 1. The number of nitrogens with zero attached hydrogens (tertiary/aromatic N) is 4. The summed E-state index contributed by atoms with van der Waals surface area (Å²) in [4.78, 5) is 23.4. The van der Waals surface area contributed by atoms with E-state index in [9.17, 15) is 4.79 Å². The first-order chi connectivity index (χ1) is 15.0. The van der Waals surface area contributed by atoms with Crippen molar-refractivity contribution in [3.63, 3.8) is 0 Å². The predicted octanol–water partition coefficient (Wildman–Crippen LogP) is 4.95.